The predicted octanol–water partition coefficient (Wildman–Crippen LogP) is 3.68. The first-order valence-electron chi connectivity index (χ1n) is 5.67. The number of hydrogen-bond donors (Lipinski definition) is 2. The van der Waals surface area contributed by atoms with Crippen LogP contribution in [-0.2, 0) is 6.54 Å². The number of H-pyrrole nitrogens is 1. The van der Waals surface area contributed by atoms with Gasteiger partial charge in [-0.15, -0.1) is 0 Å². The van der Waals surface area contributed by atoms with Gasteiger partial charge in [0.05, 0.1) is 12.8 Å². The zero-order valence-corrected chi connectivity index (χ0v) is 9.66. The van der Waals surface area contributed by atoms with Crippen molar-refractivity contribution in [2.75, 3.05) is 5.32 Å². The topological polar surface area (TPSA) is 41.0 Å². The highest BCUT2D eigenvalue weighted by molar-refractivity contribution is 5.82. The van der Waals surface area contributed by atoms with E-state index in [1.54, 1.807) is 6.26 Å². The molecule has 2 N–H and O–H groups in total. The number of fused-ring (bicyclic) bond motifs is 1. The third kappa shape index (κ3) is 1.91. The molecular formula is C14H14N2O. The van der Waals surface area contributed by atoms with Crippen molar-refractivity contribution in [1.29, 1.82) is 0 Å². The maximum atomic E-state index is 5.39. The molecule has 0 radical (unpaired) electrons. The van der Waals surface area contributed by atoms with Crippen LogP contribution < -0.4 is 5.32 Å². The van der Waals surface area contributed by atoms with E-state index in [0.717, 1.165) is 23.5 Å². The van der Waals surface area contributed by atoms with Crippen LogP contribution in [0.3, 0.4) is 0 Å². The average molecular weight is 226 g/mol. The summed E-state index contributed by atoms with van der Waals surface area (Å²) in [5.41, 5.74) is 3.44. The van der Waals surface area contributed by atoms with Crippen LogP contribution in [0.15, 0.2) is 47.2 Å². The molecule has 3 aromatic rings. The number of anilines is 1. The van der Waals surface area contributed by atoms with E-state index in [0.29, 0.717) is 0 Å². The molecule has 0 aliphatic carbocycles. The predicted molar refractivity (Wildman–Crippen MR) is 69.1 cm³/mol. The van der Waals surface area contributed by atoms with Crippen molar-refractivity contribution < 1.29 is 4.42 Å². The van der Waals surface area contributed by atoms with E-state index in [2.05, 4.69) is 41.5 Å². The molecule has 0 fully saturated rings. The molecule has 0 saturated carbocycles. The second kappa shape index (κ2) is 4.01. The minimum Gasteiger partial charge on any atom is -0.467 e. The fraction of sp³-hybridized carbons (Fsp3) is 0.143. The SMILES string of the molecule is Cc1ccoc1CNc1ccc2[nH]ccc2c1. The Morgan fingerprint density at radius 1 is 1.24 bits per heavy atom. The summed E-state index contributed by atoms with van der Waals surface area (Å²) in [5, 5.41) is 4.58. The lowest BCUT2D eigenvalue weighted by Gasteiger charge is -2.05. The molecule has 1 aromatic carbocycles. The molecule has 0 atom stereocenters. The molecule has 0 unspecified atom stereocenters. The van der Waals surface area contributed by atoms with Gasteiger partial charge in [-0.1, -0.05) is 0 Å². The smallest absolute Gasteiger partial charge is 0.125 e. The van der Waals surface area contributed by atoms with Crippen LogP contribution in [-0.4, -0.2) is 4.98 Å². The maximum Gasteiger partial charge on any atom is 0.125 e. The van der Waals surface area contributed by atoms with Gasteiger partial charge in [-0.3, -0.25) is 0 Å². The van der Waals surface area contributed by atoms with E-state index in [-0.39, 0.29) is 0 Å². The van der Waals surface area contributed by atoms with Crippen molar-refractivity contribution in [3.63, 3.8) is 0 Å². The first-order chi connectivity index (χ1) is 8.33. The maximum absolute atomic E-state index is 5.39. The van der Waals surface area contributed by atoms with Crippen LogP contribution in [0.5, 0.6) is 0 Å². The largest absolute Gasteiger partial charge is 0.467 e. The molecule has 3 heteroatoms. The van der Waals surface area contributed by atoms with E-state index < -0.39 is 0 Å². The van der Waals surface area contributed by atoms with Crippen LogP contribution in [0.4, 0.5) is 5.69 Å². The Morgan fingerprint density at radius 2 is 2.18 bits per heavy atom. The number of aryl methyl sites for hydroxylation is 1. The monoisotopic (exact) mass is 226 g/mol. The van der Waals surface area contributed by atoms with E-state index in [4.69, 9.17) is 4.42 Å². The molecule has 2 heterocycles. The number of rotatable bonds is 3. The van der Waals surface area contributed by atoms with E-state index in [9.17, 15) is 0 Å². The number of nitrogens with one attached hydrogen (secondary N) is 2. The first kappa shape index (κ1) is 10.0. The lowest BCUT2D eigenvalue weighted by molar-refractivity contribution is 0.515. The fourth-order valence-corrected chi connectivity index (χ4v) is 1.93. The van der Waals surface area contributed by atoms with Crippen molar-refractivity contribution in [3.8, 4) is 0 Å². The van der Waals surface area contributed by atoms with Crippen molar-refractivity contribution in [3.05, 3.63) is 54.1 Å². The van der Waals surface area contributed by atoms with Gasteiger partial charge in [-0.05, 0) is 42.8 Å². The van der Waals surface area contributed by atoms with E-state index in [1.807, 2.05) is 12.3 Å². The van der Waals surface area contributed by atoms with Crippen LogP contribution >= 0.6 is 0 Å². The Kier molecular flexibility index (Phi) is 2.37. The molecule has 0 amide bonds. The molecule has 3 rings (SSSR count). The lowest BCUT2D eigenvalue weighted by Crippen LogP contribution is -1.99. The minimum absolute atomic E-state index is 0.717. The van der Waals surface area contributed by atoms with Gasteiger partial charge in [-0.25, -0.2) is 0 Å². The second-order valence-electron chi connectivity index (χ2n) is 4.16. The lowest BCUT2D eigenvalue weighted by atomic mass is 10.2. The third-order valence-corrected chi connectivity index (χ3v) is 2.97. The Bertz CT molecular complexity index is 636. The fourth-order valence-electron chi connectivity index (χ4n) is 1.93. The van der Waals surface area contributed by atoms with Crippen LogP contribution in [0.2, 0.25) is 0 Å². The summed E-state index contributed by atoms with van der Waals surface area (Å²) >= 11 is 0. The Labute approximate surface area is 99.5 Å². The average Bonchev–Trinajstić information content (AvgIpc) is 2.94. The van der Waals surface area contributed by atoms with Gasteiger partial charge in [0.1, 0.15) is 5.76 Å². The van der Waals surface area contributed by atoms with Gasteiger partial charge in [0.25, 0.3) is 0 Å². The van der Waals surface area contributed by atoms with Gasteiger partial charge < -0.3 is 14.7 Å². The van der Waals surface area contributed by atoms with Crippen molar-refractivity contribution >= 4 is 16.6 Å². The number of aromatic nitrogens is 1. The zero-order chi connectivity index (χ0) is 11.7. The molecule has 0 spiro atoms. The highest BCUT2D eigenvalue weighted by Crippen LogP contribution is 2.19. The van der Waals surface area contributed by atoms with Gasteiger partial charge in [0.2, 0.25) is 0 Å². The molecule has 86 valence electrons. The van der Waals surface area contributed by atoms with Crippen LogP contribution in [0.25, 0.3) is 10.9 Å². The summed E-state index contributed by atoms with van der Waals surface area (Å²) in [5.74, 6) is 0.985. The van der Waals surface area contributed by atoms with Crippen molar-refractivity contribution in [2.24, 2.45) is 0 Å². The summed E-state index contributed by atoms with van der Waals surface area (Å²) in [6.07, 6.45) is 3.67. The molecular weight excluding hydrogens is 212 g/mol. The Morgan fingerprint density at radius 3 is 3.00 bits per heavy atom. The number of furan rings is 1. The third-order valence-electron chi connectivity index (χ3n) is 2.97. The normalized spacial score (nSPS) is 10.9. The molecule has 3 nitrogen and oxygen atoms in total. The van der Waals surface area contributed by atoms with Crippen LogP contribution in [0.1, 0.15) is 11.3 Å². The number of benzene rings is 1. The van der Waals surface area contributed by atoms with E-state index >= 15 is 0 Å². The second-order valence-corrected chi connectivity index (χ2v) is 4.16. The quantitative estimate of drug-likeness (QED) is 0.715. The summed E-state index contributed by atoms with van der Waals surface area (Å²) in [7, 11) is 0. The molecule has 0 saturated heterocycles. The highest BCUT2D eigenvalue weighted by atomic mass is 16.3. The molecule has 0 aliphatic rings. The number of hydrogen-bond acceptors (Lipinski definition) is 2. The van der Waals surface area contributed by atoms with Gasteiger partial charge in [0.15, 0.2) is 0 Å². The standard InChI is InChI=1S/C14H14N2O/c1-10-5-7-17-14(10)9-16-12-2-3-13-11(8-12)4-6-15-13/h2-8,15-16H,9H2,1H3. The Balaban J connectivity index is 1.78. The first-order valence-corrected chi connectivity index (χ1v) is 5.67. The van der Waals surface area contributed by atoms with E-state index in [1.165, 1.54) is 10.9 Å². The molecule has 17 heavy (non-hydrogen) atoms. The number of aromatic amines is 1. The summed E-state index contributed by atoms with van der Waals surface area (Å²) < 4.78 is 5.39. The summed E-state index contributed by atoms with van der Waals surface area (Å²) in [4.78, 5) is 3.18. The molecule has 2 aromatic heterocycles. The summed E-state index contributed by atoms with van der Waals surface area (Å²) in [6.45, 7) is 2.77. The molecule has 0 aliphatic heterocycles. The van der Waals surface area contributed by atoms with Gasteiger partial charge in [0, 0.05) is 22.8 Å². The van der Waals surface area contributed by atoms with Gasteiger partial charge in [-0.2, -0.15) is 0 Å². The minimum atomic E-state index is 0.717. The highest BCUT2D eigenvalue weighted by Gasteiger charge is 2.02. The molecule has 0 bridgehead atoms. The Hall–Kier alpha value is -2.16. The van der Waals surface area contributed by atoms with Crippen LogP contribution in [0, 0.1) is 6.92 Å². The summed E-state index contributed by atoms with van der Waals surface area (Å²) in [6, 6.07) is 10.3. The zero-order valence-electron chi connectivity index (χ0n) is 9.66. The van der Waals surface area contributed by atoms with Crippen molar-refractivity contribution in [2.45, 2.75) is 13.5 Å². The van der Waals surface area contributed by atoms with Gasteiger partial charge >= 0.3 is 0 Å². The van der Waals surface area contributed by atoms with Crippen molar-refractivity contribution in [1.82, 2.24) is 4.98 Å².